The van der Waals surface area contributed by atoms with Gasteiger partial charge in [-0.1, -0.05) is 39.8 Å². The van der Waals surface area contributed by atoms with E-state index in [1.807, 2.05) is 13.8 Å². The van der Waals surface area contributed by atoms with Crippen LogP contribution >= 0.6 is 0 Å². The third-order valence-corrected chi connectivity index (χ3v) is 5.49. The Hall–Kier alpha value is -2.86. The number of benzene rings is 1. The number of ether oxygens (including phenoxy) is 5. The van der Waals surface area contributed by atoms with Crippen LogP contribution in [0.15, 0.2) is 24.3 Å². The Morgan fingerprint density at radius 1 is 0.650 bits per heavy atom. The number of hydrogen-bond donors (Lipinski definition) is 2. The molecule has 0 fully saturated rings. The summed E-state index contributed by atoms with van der Waals surface area (Å²) < 4.78 is 26.7. The van der Waals surface area contributed by atoms with E-state index in [2.05, 4.69) is 10.6 Å². The summed E-state index contributed by atoms with van der Waals surface area (Å²) in [6.07, 6.45) is 0.855. The molecule has 0 heterocycles. The SMILES string of the molecule is CC(C)C(=O)CCOCCOCCC(=O)NCCOCCOCCC(=O)Nc1ccc(COC(=O)C(C)C)cc1. The largest absolute Gasteiger partial charge is 0.461 e. The normalized spacial score (nSPS) is 11.1. The molecule has 1 rings (SSSR count). The molecule has 0 aliphatic rings. The van der Waals surface area contributed by atoms with Crippen LogP contribution in [0.2, 0.25) is 0 Å². The van der Waals surface area contributed by atoms with Crippen LogP contribution < -0.4 is 10.6 Å². The Bertz CT molecular complexity index is 873. The Morgan fingerprint density at radius 3 is 1.73 bits per heavy atom. The van der Waals surface area contributed by atoms with Crippen LogP contribution in [0.1, 0.15) is 52.5 Å². The molecule has 0 radical (unpaired) electrons. The summed E-state index contributed by atoms with van der Waals surface area (Å²) in [4.78, 5) is 46.8. The van der Waals surface area contributed by atoms with E-state index in [1.54, 1.807) is 38.1 Å². The van der Waals surface area contributed by atoms with Crippen molar-refractivity contribution in [3.63, 3.8) is 0 Å². The van der Waals surface area contributed by atoms with E-state index in [-0.39, 0.29) is 61.5 Å². The van der Waals surface area contributed by atoms with E-state index in [9.17, 15) is 19.2 Å². The molecule has 0 unspecified atom stereocenters. The monoisotopic (exact) mass is 566 g/mol. The minimum Gasteiger partial charge on any atom is -0.461 e. The summed E-state index contributed by atoms with van der Waals surface area (Å²) >= 11 is 0. The molecular weight excluding hydrogens is 520 g/mol. The van der Waals surface area contributed by atoms with E-state index in [0.29, 0.717) is 64.9 Å². The van der Waals surface area contributed by atoms with Gasteiger partial charge in [-0.3, -0.25) is 19.2 Å². The zero-order valence-corrected chi connectivity index (χ0v) is 24.3. The number of amides is 2. The first-order chi connectivity index (χ1) is 19.2. The predicted molar refractivity (Wildman–Crippen MR) is 150 cm³/mol. The highest BCUT2D eigenvalue weighted by molar-refractivity contribution is 5.90. The maximum Gasteiger partial charge on any atom is 0.308 e. The molecule has 0 atom stereocenters. The Kier molecular flexibility index (Phi) is 19.3. The first kappa shape index (κ1) is 35.2. The number of anilines is 1. The van der Waals surface area contributed by atoms with Crippen molar-refractivity contribution in [3.8, 4) is 0 Å². The van der Waals surface area contributed by atoms with Gasteiger partial charge in [-0.15, -0.1) is 0 Å². The average molecular weight is 567 g/mol. The second kappa shape index (κ2) is 21.9. The number of hydrogen-bond acceptors (Lipinski definition) is 9. The molecule has 0 saturated heterocycles. The zero-order chi connectivity index (χ0) is 29.6. The molecule has 0 aliphatic carbocycles. The molecule has 2 N–H and O–H groups in total. The fraction of sp³-hybridized carbons (Fsp3) is 0.655. The lowest BCUT2D eigenvalue weighted by molar-refractivity contribution is -0.148. The van der Waals surface area contributed by atoms with Gasteiger partial charge >= 0.3 is 5.97 Å². The molecule has 0 bridgehead atoms. The lowest BCUT2D eigenvalue weighted by Crippen LogP contribution is -2.28. The lowest BCUT2D eigenvalue weighted by Gasteiger charge is -2.09. The first-order valence-corrected chi connectivity index (χ1v) is 13.8. The summed E-state index contributed by atoms with van der Waals surface area (Å²) in [7, 11) is 0. The van der Waals surface area contributed by atoms with Gasteiger partial charge in [0.1, 0.15) is 12.4 Å². The summed E-state index contributed by atoms with van der Waals surface area (Å²) in [6, 6.07) is 7.11. The number of ketones is 1. The number of esters is 1. The van der Waals surface area contributed by atoms with Gasteiger partial charge in [0, 0.05) is 31.0 Å². The number of rotatable bonds is 23. The average Bonchev–Trinajstić information content (AvgIpc) is 2.92. The third kappa shape index (κ3) is 18.4. The van der Waals surface area contributed by atoms with Crippen LogP contribution in [0.4, 0.5) is 5.69 Å². The number of nitrogens with one attached hydrogen (secondary N) is 2. The van der Waals surface area contributed by atoms with Gasteiger partial charge in [0.25, 0.3) is 0 Å². The molecule has 0 aliphatic heterocycles. The van der Waals surface area contributed by atoms with Crippen LogP contribution in [0.25, 0.3) is 0 Å². The van der Waals surface area contributed by atoms with E-state index < -0.39 is 0 Å². The quantitative estimate of drug-likeness (QED) is 0.151. The zero-order valence-electron chi connectivity index (χ0n) is 24.3. The molecule has 40 heavy (non-hydrogen) atoms. The first-order valence-electron chi connectivity index (χ1n) is 13.8. The molecule has 0 saturated carbocycles. The molecule has 0 spiro atoms. The summed E-state index contributed by atoms with van der Waals surface area (Å²) in [5.41, 5.74) is 1.50. The molecule has 0 aromatic heterocycles. The van der Waals surface area contributed by atoms with E-state index in [0.717, 1.165) is 5.56 Å². The Balaban J connectivity index is 1.93. The lowest BCUT2D eigenvalue weighted by atomic mass is 10.1. The fourth-order valence-electron chi connectivity index (χ4n) is 3.02. The van der Waals surface area contributed by atoms with Crippen molar-refractivity contribution in [1.82, 2.24) is 5.32 Å². The molecule has 11 heteroatoms. The van der Waals surface area contributed by atoms with Crippen LogP contribution in [0, 0.1) is 11.8 Å². The van der Waals surface area contributed by atoms with E-state index in [4.69, 9.17) is 23.7 Å². The van der Waals surface area contributed by atoms with Gasteiger partial charge in [0.15, 0.2) is 0 Å². The summed E-state index contributed by atoms with van der Waals surface area (Å²) in [6.45, 7) is 10.6. The summed E-state index contributed by atoms with van der Waals surface area (Å²) in [5.74, 6) is -0.515. The molecule has 1 aromatic carbocycles. The maximum atomic E-state index is 12.1. The van der Waals surface area contributed by atoms with Gasteiger partial charge in [-0.25, -0.2) is 0 Å². The number of Topliss-reactive ketones (excluding diaryl/α,β-unsaturated/α-hetero) is 1. The van der Waals surface area contributed by atoms with Crippen molar-refractivity contribution < 1.29 is 42.9 Å². The van der Waals surface area contributed by atoms with Crippen molar-refractivity contribution in [2.75, 3.05) is 64.7 Å². The highest BCUT2D eigenvalue weighted by Gasteiger charge is 2.09. The van der Waals surface area contributed by atoms with Gasteiger partial charge < -0.3 is 34.3 Å². The second-order valence-electron chi connectivity index (χ2n) is 9.68. The highest BCUT2D eigenvalue weighted by Crippen LogP contribution is 2.11. The van der Waals surface area contributed by atoms with Crippen LogP contribution in [-0.4, -0.2) is 83.0 Å². The van der Waals surface area contributed by atoms with E-state index >= 15 is 0 Å². The van der Waals surface area contributed by atoms with Gasteiger partial charge in [0.05, 0.1) is 65.2 Å². The highest BCUT2D eigenvalue weighted by atomic mass is 16.5. The molecule has 11 nitrogen and oxygen atoms in total. The van der Waals surface area contributed by atoms with Crippen molar-refractivity contribution >= 4 is 29.3 Å². The standard InChI is InChI=1S/C29H46N2O9/c1-22(2)26(32)9-13-36-17-18-37-14-10-27(33)30-12-16-39-20-19-38-15-11-28(34)31-25-7-5-24(6-8-25)21-40-29(35)23(3)4/h5-8,22-23H,9-21H2,1-4H3,(H,30,33)(H,31,34). The second-order valence-corrected chi connectivity index (χ2v) is 9.68. The Morgan fingerprint density at radius 2 is 1.18 bits per heavy atom. The molecule has 2 amide bonds. The van der Waals surface area contributed by atoms with Crippen molar-refractivity contribution in [3.05, 3.63) is 29.8 Å². The minimum absolute atomic E-state index is 0.0238. The predicted octanol–water partition coefficient (Wildman–Crippen LogP) is 2.90. The smallest absolute Gasteiger partial charge is 0.308 e. The number of carbonyl (C=O) groups is 4. The Labute approximate surface area is 237 Å². The van der Waals surface area contributed by atoms with Crippen LogP contribution in [0.3, 0.4) is 0 Å². The molecule has 1 aromatic rings. The maximum absolute atomic E-state index is 12.1. The van der Waals surface area contributed by atoms with Gasteiger partial charge in [-0.2, -0.15) is 0 Å². The van der Waals surface area contributed by atoms with E-state index in [1.165, 1.54) is 0 Å². The van der Waals surface area contributed by atoms with Crippen LogP contribution in [-0.2, 0) is 49.5 Å². The fourth-order valence-corrected chi connectivity index (χ4v) is 3.02. The van der Waals surface area contributed by atoms with Gasteiger partial charge in [-0.05, 0) is 17.7 Å². The summed E-state index contributed by atoms with van der Waals surface area (Å²) in [5, 5.41) is 5.54. The van der Waals surface area contributed by atoms with Crippen molar-refractivity contribution in [2.45, 2.75) is 53.6 Å². The topological polar surface area (TPSA) is 138 Å². The van der Waals surface area contributed by atoms with Crippen LogP contribution in [0.5, 0.6) is 0 Å². The molecule has 226 valence electrons. The molecular formula is C29H46N2O9. The van der Waals surface area contributed by atoms with Crippen molar-refractivity contribution in [2.24, 2.45) is 11.8 Å². The third-order valence-electron chi connectivity index (χ3n) is 5.49. The van der Waals surface area contributed by atoms with Gasteiger partial charge in [0.2, 0.25) is 11.8 Å². The minimum atomic E-state index is -0.251. The van der Waals surface area contributed by atoms with Crippen molar-refractivity contribution in [1.29, 1.82) is 0 Å². The number of carbonyl (C=O) groups excluding carboxylic acids is 4.